The number of thiophene rings is 1. The first-order valence-corrected chi connectivity index (χ1v) is 11.6. The second-order valence-electron chi connectivity index (χ2n) is 8.78. The molecular formula is C21H26N6O2S. The Kier molecular flexibility index (Phi) is 4.35. The van der Waals surface area contributed by atoms with Gasteiger partial charge in [-0.3, -0.25) is 4.90 Å². The Labute approximate surface area is 179 Å². The fraction of sp³-hybridized carbons (Fsp3) is 0.571. The number of hydrogen-bond acceptors (Lipinski definition) is 8. The maximum absolute atomic E-state index is 10.2. The van der Waals surface area contributed by atoms with Crippen LogP contribution in [0.5, 0.6) is 0 Å². The summed E-state index contributed by atoms with van der Waals surface area (Å²) in [4.78, 5) is 6.28. The van der Waals surface area contributed by atoms with Crippen molar-refractivity contribution >= 4 is 22.7 Å². The molecule has 1 N–H and O–H groups in total. The van der Waals surface area contributed by atoms with Gasteiger partial charge in [0.1, 0.15) is 11.9 Å². The minimum absolute atomic E-state index is 0.104. The van der Waals surface area contributed by atoms with E-state index in [0.29, 0.717) is 5.92 Å². The Morgan fingerprint density at radius 3 is 3.07 bits per heavy atom. The number of aromatic nitrogens is 4. The van der Waals surface area contributed by atoms with Crippen molar-refractivity contribution in [1.82, 2.24) is 24.7 Å². The number of ether oxygens (including phenoxy) is 1. The maximum Gasteiger partial charge on any atom is 0.200 e. The van der Waals surface area contributed by atoms with Crippen LogP contribution in [0.25, 0.3) is 5.65 Å². The van der Waals surface area contributed by atoms with Gasteiger partial charge in [-0.1, -0.05) is 13.0 Å². The van der Waals surface area contributed by atoms with Crippen molar-refractivity contribution in [3.05, 3.63) is 40.5 Å². The highest BCUT2D eigenvalue weighted by Gasteiger charge is 2.62. The van der Waals surface area contributed by atoms with Crippen LogP contribution in [0, 0.1) is 11.8 Å². The molecule has 3 aliphatic heterocycles. The van der Waals surface area contributed by atoms with Crippen molar-refractivity contribution in [2.75, 3.05) is 37.7 Å². The lowest BCUT2D eigenvalue weighted by Gasteiger charge is -2.40. The van der Waals surface area contributed by atoms with Gasteiger partial charge >= 0.3 is 0 Å². The first-order valence-electron chi connectivity index (χ1n) is 10.7. The Morgan fingerprint density at radius 1 is 1.33 bits per heavy atom. The molecular weight excluding hydrogens is 400 g/mol. The molecule has 30 heavy (non-hydrogen) atoms. The van der Waals surface area contributed by atoms with Gasteiger partial charge in [-0.15, -0.1) is 21.5 Å². The Hall–Kier alpha value is -2.07. The molecule has 0 aliphatic carbocycles. The third-order valence-electron chi connectivity index (χ3n) is 7.03. The highest BCUT2D eigenvalue weighted by molar-refractivity contribution is 7.09. The third-order valence-corrected chi connectivity index (χ3v) is 7.89. The van der Waals surface area contributed by atoms with Crippen LogP contribution in [0.3, 0.4) is 0 Å². The van der Waals surface area contributed by atoms with E-state index in [0.717, 1.165) is 56.2 Å². The molecule has 0 amide bonds. The molecule has 8 nitrogen and oxygen atoms in total. The van der Waals surface area contributed by atoms with Gasteiger partial charge in [0.25, 0.3) is 0 Å². The Bertz CT molecular complexity index is 1060. The van der Waals surface area contributed by atoms with Gasteiger partial charge in [-0.25, -0.2) is 0 Å². The smallest absolute Gasteiger partial charge is 0.200 e. The standard InChI is InChI=1S/C21H26N6O2S/c1-2-14-6-18(20-23-22-13-27(20)24-14)26-8-17-16(10-28)19-9-25(7-15-4-3-5-30-15)11-21(17,12-26)29-19/h3-6,13,16-17,19,28H,2,7-12H2,1H3/t16-,17+,19+,21+/m0/s1. The number of aryl methyl sites for hydroxylation is 1. The fourth-order valence-electron chi connectivity index (χ4n) is 5.72. The molecule has 0 saturated carbocycles. The highest BCUT2D eigenvalue weighted by atomic mass is 32.1. The van der Waals surface area contributed by atoms with Crippen molar-refractivity contribution in [2.45, 2.75) is 31.6 Å². The van der Waals surface area contributed by atoms with Crippen molar-refractivity contribution < 1.29 is 9.84 Å². The number of aliphatic hydroxyl groups excluding tert-OH is 1. The van der Waals surface area contributed by atoms with Gasteiger partial charge in [0, 0.05) is 56.0 Å². The number of hydrogen-bond donors (Lipinski definition) is 1. The first kappa shape index (κ1) is 18.7. The molecule has 2 bridgehead atoms. The van der Waals surface area contributed by atoms with Crippen molar-refractivity contribution in [2.24, 2.45) is 11.8 Å². The zero-order valence-corrected chi connectivity index (χ0v) is 17.8. The third kappa shape index (κ3) is 2.80. The average Bonchev–Trinajstić information content (AvgIpc) is 3.51. The molecule has 0 unspecified atom stereocenters. The van der Waals surface area contributed by atoms with Crippen molar-refractivity contribution in [1.29, 1.82) is 0 Å². The molecule has 0 radical (unpaired) electrons. The molecule has 3 aliphatic rings. The van der Waals surface area contributed by atoms with Crippen LogP contribution in [-0.2, 0) is 17.7 Å². The highest BCUT2D eigenvalue weighted by Crippen LogP contribution is 2.50. The number of fused-ring (bicyclic) bond motifs is 2. The van der Waals surface area contributed by atoms with Gasteiger partial charge in [-0.05, 0) is 23.9 Å². The van der Waals surface area contributed by atoms with E-state index in [1.807, 2.05) is 0 Å². The molecule has 3 fully saturated rings. The van der Waals surface area contributed by atoms with E-state index in [-0.39, 0.29) is 24.2 Å². The van der Waals surface area contributed by atoms with Gasteiger partial charge in [0.15, 0.2) is 0 Å². The quantitative estimate of drug-likeness (QED) is 0.661. The van der Waals surface area contributed by atoms with Crippen LogP contribution in [0.2, 0.25) is 0 Å². The van der Waals surface area contributed by atoms with E-state index < -0.39 is 0 Å². The first-order chi connectivity index (χ1) is 14.7. The lowest BCUT2D eigenvalue weighted by atomic mass is 9.83. The summed E-state index contributed by atoms with van der Waals surface area (Å²) in [7, 11) is 0. The molecule has 3 aromatic heterocycles. The van der Waals surface area contributed by atoms with Crippen LogP contribution in [0.15, 0.2) is 29.9 Å². The van der Waals surface area contributed by atoms with E-state index in [1.165, 1.54) is 4.88 Å². The molecule has 158 valence electrons. The second kappa shape index (κ2) is 6.98. The van der Waals surface area contributed by atoms with E-state index in [1.54, 1.807) is 22.2 Å². The molecule has 1 spiro atoms. The second-order valence-corrected chi connectivity index (χ2v) is 9.81. The van der Waals surface area contributed by atoms with Crippen molar-refractivity contribution in [3.8, 4) is 0 Å². The summed E-state index contributed by atoms with van der Waals surface area (Å²) in [6.07, 6.45) is 2.63. The summed E-state index contributed by atoms with van der Waals surface area (Å²) < 4.78 is 8.44. The van der Waals surface area contributed by atoms with E-state index in [2.05, 4.69) is 55.6 Å². The molecule has 3 aromatic rings. The van der Waals surface area contributed by atoms with Crippen LogP contribution >= 0.6 is 11.3 Å². The molecule has 3 saturated heterocycles. The summed E-state index contributed by atoms with van der Waals surface area (Å²) in [6.45, 7) is 6.70. The summed E-state index contributed by atoms with van der Waals surface area (Å²) in [5.74, 6) is 0.478. The Balaban J connectivity index is 1.33. The van der Waals surface area contributed by atoms with E-state index >= 15 is 0 Å². The van der Waals surface area contributed by atoms with Gasteiger partial charge < -0.3 is 14.7 Å². The summed E-state index contributed by atoms with van der Waals surface area (Å²) >= 11 is 1.81. The average molecular weight is 427 g/mol. The number of morpholine rings is 1. The maximum atomic E-state index is 10.2. The Morgan fingerprint density at radius 2 is 2.27 bits per heavy atom. The molecule has 0 aromatic carbocycles. The fourth-order valence-corrected chi connectivity index (χ4v) is 6.47. The summed E-state index contributed by atoms with van der Waals surface area (Å²) in [6, 6.07) is 6.45. The largest absolute Gasteiger partial charge is 0.396 e. The van der Waals surface area contributed by atoms with Crippen molar-refractivity contribution in [3.63, 3.8) is 0 Å². The van der Waals surface area contributed by atoms with Crippen LogP contribution < -0.4 is 4.90 Å². The predicted octanol–water partition coefficient (Wildman–Crippen LogP) is 1.45. The minimum atomic E-state index is -0.250. The summed E-state index contributed by atoms with van der Waals surface area (Å²) in [5, 5.41) is 25.3. The summed E-state index contributed by atoms with van der Waals surface area (Å²) in [5.41, 5.74) is 2.62. The number of aliphatic hydroxyl groups is 1. The minimum Gasteiger partial charge on any atom is -0.396 e. The molecule has 4 atom stereocenters. The lowest BCUT2D eigenvalue weighted by molar-refractivity contribution is -0.112. The van der Waals surface area contributed by atoms with Crippen LogP contribution in [0.1, 0.15) is 17.5 Å². The number of nitrogens with zero attached hydrogens (tertiary/aromatic N) is 6. The zero-order chi connectivity index (χ0) is 20.3. The number of anilines is 1. The number of likely N-dealkylation sites (tertiary alicyclic amines) is 1. The molecule has 6 heterocycles. The van der Waals surface area contributed by atoms with Gasteiger partial charge in [-0.2, -0.15) is 9.61 Å². The van der Waals surface area contributed by atoms with Gasteiger partial charge in [0.2, 0.25) is 5.65 Å². The van der Waals surface area contributed by atoms with Gasteiger partial charge in [0.05, 0.1) is 17.5 Å². The topological polar surface area (TPSA) is 79.0 Å². The molecule has 6 rings (SSSR count). The lowest BCUT2D eigenvalue weighted by Crippen LogP contribution is -2.53. The zero-order valence-electron chi connectivity index (χ0n) is 17.0. The molecule has 9 heteroatoms. The van der Waals surface area contributed by atoms with Crippen LogP contribution in [-0.4, -0.2) is 74.3 Å². The SMILES string of the molecule is CCc1cc(N2C[C@@H]3[C@H](CO)[C@H]4CN(Cc5cccs5)C[C@]3(C2)O4)c2nncn2n1. The normalized spacial score (nSPS) is 31.0. The predicted molar refractivity (Wildman–Crippen MR) is 114 cm³/mol. The van der Waals surface area contributed by atoms with Crippen LogP contribution in [0.4, 0.5) is 5.69 Å². The monoisotopic (exact) mass is 426 g/mol. The number of rotatable bonds is 5. The van der Waals surface area contributed by atoms with E-state index in [9.17, 15) is 5.11 Å². The van der Waals surface area contributed by atoms with E-state index in [4.69, 9.17) is 4.74 Å².